The minimum atomic E-state index is -0.328. The van der Waals surface area contributed by atoms with Gasteiger partial charge in [-0.05, 0) is 43.3 Å². The molecule has 6 nitrogen and oxygen atoms in total. The highest BCUT2D eigenvalue weighted by Gasteiger charge is 2.18. The molecule has 3 rings (SSSR count). The standard InChI is InChI=1S/C21H21N3O3/c1-14-7-9-15(10-8-14)23-19-12-11-16(13-22-19)24-21(25)20-17(26-2)5-4-6-18(20)27-3/h4-13H,1-3H3,(H,22,23)(H,24,25). The van der Waals surface area contributed by atoms with Crippen molar-refractivity contribution in [3.05, 3.63) is 71.9 Å². The lowest BCUT2D eigenvalue weighted by atomic mass is 10.1. The van der Waals surface area contributed by atoms with Crippen molar-refractivity contribution in [2.75, 3.05) is 24.9 Å². The van der Waals surface area contributed by atoms with Crippen LogP contribution in [0.5, 0.6) is 11.5 Å². The van der Waals surface area contributed by atoms with E-state index in [0.29, 0.717) is 28.6 Å². The van der Waals surface area contributed by atoms with Gasteiger partial charge in [0.05, 0.1) is 26.1 Å². The molecule has 3 aromatic rings. The van der Waals surface area contributed by atoms with Crippen molar-refractivity contribution < 1.29 is 14.3 Å². The van der Waals surface area contributed by atoms with Gasteiger partial charge in [0.2, 0.25) is 0 Å². The number of nitrogens with one attached hydrogen (secondary N) is 2. The summed E-state index contributed by atoms with van der Waals surface area (Å²) >= 11 is 0. The van der Waals surface area contributed by atoms with E-state index < -0.39 is 0 Å². The summed E-state index contributed by atoms with van der Waals surface area (Å²) in [4.78, 5) is 17.0. The van der Waals surface area contributed by atoms with Gasteiger partial charge in [0, 0.05) is 5.69 Å². The van der Waals surface area contributed by atoms with Crippen LogP contribution in [0.2, 0.25) is 0 Å². The lowest BCUT2D eigenvalue weighted by Gasteiger charge is -2.13. The molecular weight excluding hydrogens is 342 g/mol. The van der Waals surface area contributed by atoms with E-state index in [-0.39, 0.29) is 5.91 Å². The highest BCUT2D eigenvalue weighted by atomic mass is 16.5. The van der Waals surface area contributed by atoms with Crippen molar-refractivity contribution in [1.29, 1.82) is 0 Å². The third-order valence-corrected chi connectivity index (χ3v) is 4.00. The fourth-order valence-corrected chi connectivity index (χ4v) is 2.60. The number of hydrogen-bond acceptors (Lipinski definition) is 5. The van der Waals surface area contributed by atoms with Crippen molar-refractivity contribution in [2.24, 2.45) is 0 Å². The van der Waals surface area contributed by atoms with Gasteiger partial charge in [0.1, 0.15) is 22.9 Å². The Morgan fingerprint density at radius 1 is 0.889 bits per heavy atom. The maximum absolute atomic E-state index is 12.7. The SMILES string of the molecule is COc1cccc(OC)c1C(=O)Nc1ccc(Nc2ccc(C)cc2)nc1. The molecule has 6 heteroatoms. The number of nitrogens with zero attached hydrogens (tertiary/aromatic N) is 1. The van der Waals surface area contributed by atoms with Crippen molar-refractivity contribution in [2.45, 2.75) is 6.92 Å². The molecule has 2 N–H and O–H groups in total. The van der Waals surface area contributed by atoms with Gasteiger partial charge < -0.3 is 20.1 Å². The highest BCUT2D eigenvalue weighted by Crippen LogP contribution is 2.29. The first-order valence-corrected chi connectivity index (χ1v) is 8.43. The largest absolute Gasteiger partial charge is 0.496 e. The van der Waals surface area contributed by atoms with Crippen molar-refractivity contribution >= 4 is 23.1 Å². The third-order valence-electron chi connectivity index (χ3n) is 4.00. The Morgan fingerprint density at radius 2 is 1.52 bits per heavy atom. The molecule has 0 radical (unpaired) electrons. The highest BCUT2D eigenvalue weighted by molar-refractivity contribution is 6.08. The smallest absolute Gasteiger partial charge is 0.263 e. The Hall–Kier alpha value is -3.54. The predicted octanol–water partition coefficient (Wildman–Crippen LogP) is 4.40. The normalized spacial score (nSPS) is 10.2. The lowest BCUT2D eigenvalue weighted by Crippen LogP contribution is -2.14. The molecule has 0 unspecified atom stereocenters. The van der Waals surface area contributed by atoms with Gasteiger partial charge in [-0.1, -0.05) is 23.8 Å². The first kappa shape index (κ1) is 18.3. The van der Waals surface area contributed by atoms with E-state index in [0.717, 1.165) is 5.69 Å². The van der Waals surface area contributed by atoms with Gasteiger partial charge in [-0.25, -0.2) is 4.98 Å². The molecule has 1 aromatic heterocycles. The quantitative estimate of drug-likeness (QED) is 0.679. The van der Waals surface area contributed by atoms with Gasteiger partial charge in [-0.2, -0.15) is 0 Å². The van der Waals surface area contributed by atoms with Crippen LogP contribution in [0, 0.1) is 6.92 Å². The van der Waals surface area contributed by atoms with Crippen LogP contribution in [0.4, 0.5) is 17.2 Å². The fourth-order valence-electron chi connectivity index (χ4n) is 2.60. The number of benzene rings is 2. The fraction of sp³-hybridized carbons (Fsp3) is 0.143. The number of aryl methyl sites for hydroxylation is 1. The Kier molecular flexibility index (Phi) is 5.56. The van der Waals surface area contributed by atoms with E-state index in [2.05, 4.69) is 15.6 Å². The Morgan fingerprint density at radius 3 is 2.07 bits per heavy atom. The van der Waals surface area contributed by atoms with Crippen molar-refractivity contribution in [3.8, 4) is 11.5 Å². The summed E-state index contributed by atoms with van der Waals surface area (Å²) in [7, 11) is 3.03. The molecule has 1 heterocycles. The molecular formula is C21H21N3O3. The second kappa shape index (κ2) is 8.23. The summed E-state index contributed by atoms with van der Waals surface area (Å²) in [5, 5.41) is 6.03. The molecule has 0 saturated heterocycles. The summed E-state index contributed by atoms with van der Waals surface area (Å²) in [5.74, 6) is 1.24. The molecule has 2 aromatic carbocycles. The number of aromatic nitrogens is 1. The summed E-state index contributed by atoms with van der Waals surface area (Å²) < 4.78 is 10.5. The molecule has 0 aliphatic carbocycles. The zero-order chi connectivity index (χ0) is 19.2. The Balaban J connectivity index is 1.73. The molecule has 0 saturated carbocycles. The van der Waals surface area contributed by atoms with Crippen LogP contribution in [0.1, 0.15) is 15.9 Å². The average molecular weight is 363 g/mol. The van der Waals surface area contributed by atoms with Crippen LogP contribution >= 0.6 is 0 Å². The molecule has 0 bridgehead atoms. The summed E-state index contributed by atoms with van der Waals surface area (Å²) in [5.41, 5.74) is 3.05. The zero-order valence-corrected chi connectivity index (χ0v) is 15.4. The van der Waals surface area contributed by atoms with Gasteiger partial charge in [-0.15, -0.1) is 0 Å². The number of pyridine rings is 1. The number of hydrogen-bond donors (Lipinski definition) is 2. The van der Waals surface area contributed by atoms with Gasteiger partial charge in [-0.3, -0.25) is 4.79 Å². The van der Waals surface area contributed by atoms with E-state index in [1.165, 1.54) is 19.8 Å². The summed E-state index contributed by atoms with van der Waals surface area (Å²) in [6.07, 6.45) is 1.59. The number of anilines is 3. The van der Waals surface area contributed by atoms with Crippen LogP contribution < -0.4 is 20.1 Å². The van der Waals surface area contributed by atoms with Crippen molar-refractivity contribution in [3.63, 3.8) is 0 Å². The van der Waals surface area contributed by atoms with Crippen LogP contribution in [-0.2, 0) is 0 Å². The first-order valence-electron chi connectivity index (χ1n) is 8.43. The molecule has 0 fully saturated rings. The molecule has 0 spiro atoms. The van der Waals surface area contributed by atoms with Crippen LogP contribution in [0.15, 0.2) is 60.8 Å². The first-order chi connectivity index (χ1) is 13.1. The van der Waals surface area contributed by atoms with Gasteiger partial charge in [0.15, 0.2) is 0 Å². The second-order valence-electron chi connectivity index (χ2n) is 5.91. The maximum atomic E-state index is 12.7. The number of carbonyl (C=O) groups excluding carboxylic acids is 1. The topological polar surface area (TPSA) is 72.5 Å². The van der Waals surface area contributed by atoms with Crippen LogP contribution in [0.3, 0.4) is 0 Å². The van der Waals surface area contributed by atoms with E-state index in [4.69, 9.17) is 9.47 Å². The van der Waals surface area contributed by atoms with E-state index in [9.17, 15) is 4.79 Å². The van der Waals surface area contributed by atoms with E-state index >= 15 is 0 Å². The minimum Gasteiger partial charge on any atom is -0.496 e. The monoisotopic (exact) mass is 363 g/mol. The van der Waals surface area contributed by atoms with Crippen molar-refractivity contribution in [1.82, 2.24) is 4.98 Å². The van der Waals surface area contributed by atoms with E-state index in [1.54, 1.807) is 36.5 Å². The zero-order valence-electron chi connectivity index (χ0n) is 15.4. The molecule has 0 aliphatic heterocycles. The molecule has 0 aliphatic rings. The maximum Gasteiger partial charge on any atom is 0.263 e. The number of amides is 1. The molecule has 27 heavy (non-hydrogen) atoms. The van der Waals surface area contributed by atoms with Crippen LogP contribution in [-0.4, -0.2) is 25.1 Å². The Bertz CT molecular complexity index is 900. The molecule has 138 valence electrons. The lowest BCUT2D eigenvalue weighted by molar-refractivity contribution is 0.102. The van der Waals surface area contributed by atoms with Crippen LogP contribution in [0.25, 0.3) is 0 Å². The Labute approximate surface area is 158 Å². The molecule has 0 atom stereocenters. The predicted molar refractivity (Wildman–Crippen MR) is 106 cm³/mol. The van der Waals surface area contributed by atoms with Gasteiger partial charge in [0.25, 0.3) is 5.91 Å². The minimum absolute atomic E-state index is 0.328. The number of carbonyl (C=O) groups is 1. The summed E-state index contributed by atoms with van der Waals surface area (Å²) in [6.45, 7) is 2.04. The van der Waals surface area contributed by atoms with Gasteiger partial charge >= 0.3 is 0 Å². The third kappa shape index (κ3) is 4.36. The summed E-state index contributed by atoms with van der Waals surface area (Å²) in [6, 6.07) is 16.8. The number of rotatable bonds is 6. The average Bonchev–Trinajstić information content (AvgIpc) is 2.70. The second-order valence-corrected chi connectivity index (χ2v) is 5.91. The molecule has 1 amide bonds. The van der Waals surface area contributed by atoms with E-state index in [1.807, 2.05) is 31.2 Å². The number of ether oxygens (including phenoxy) is 2. The number of methoxy groups -OCH3 is 2.